The Morgan fingerprint density at radius 1 is 1.26 bits per heavy atom. The Labute approximate surface area is 159 Å². The summed E-state index contributed by atoms with van der Waals surface area (Å²) in [5, 5.41) is 5.70. The van der Waals surface area contributed by atoms with Gasteiger partial charge in [0.05, 0.1) is 0 Å². The number of rotatable bonds is 6. The molecule has 1 atom stereocenters. The van der Waals surface area contributed by atoms with Crippen LogP contribution in [0.5, 0.6) is 0 Å². The van der Waals surface area contributed by atoms with E-state index in [1.54, 1.807) is 11.0 Å². The molecule has 1 fully saturated rings. The summed E-state index contributed by atoms with van der Waals surface area (Å²) in [5.74, 6) is -2.54. The zero-order chi connectivity index (χ0) is 20.0. The van der Waals surface area contributed by atoms with Crippen molar-refractivity contribution in [3.05, 3.63) is 29.8 Å². The molecular weight excluding hydrogens is 352 g/mol. The number of nitrogens with one attached hydrogen (secondary N) is 2. The average Bonchev–Trinajstić information content (AvgIpc) is 2.60. The van der Waals surface area contributed by atoms with Crippen molar-refractivity contribution in [1.82, 2.24) is 10.2 Å². The fraction of sp³-hybridized carbons (Fsp3) is 0.600. The first-order valence-electron chi connectivity index (χ1n) is 9.50. The lowest BCUT2D eigenvalue weighted by Gasteiger charge is -2.32. The van der Waals surface area contributed by atoms with Gasteiger partial charge in [0.15, 0.2) is 0 Å². The van der Waals surface area contributed by atoms with Gasteiger partial charge in [0.1, 0.15) is 0 Å². The van der Waals surface area contributed by atoms with Gasteiger partial charge in [0.25, 0.3) is 0 Å². The van der Waals surface area contributed by atoms with Gasteiger partial charge in [-0.25, -0.2) is 13.6 Å². The van der Waals surface area contributed by atoms with E-state index in [-0.39, 0.29) is 36.7 Å². The zero-order valence-electron chi connectivity index (χ0n) is 16.2. The Morgan fingerprint density at radius 3 is 2.48 bits per heavy atom. The minimum Gasteiger partial charge on any atom is -0.339 e. The second-order valence-electron chi connectivity index (χ2n) is 7.27. The van der Waals surface area contributed by atoms with Crippen molar-refractivity contribution in [2.45, 2.75) is 65.0 Å². The van der Waals surface area contributed by atoms with Crippen LogP contribution in [0, 0.1) is 5.92 Å². The van der Waals surface area contributed by atoms with Gasteiger partial charge in [-0.05, 0) is 44.2 Å². The van der Waals surface area contributed by atoms with E-state index in [0.717, 1.165) is 5.56 Å². The van der Waals surface area contributed by atoms with Crippen molar-refractivity contribution < 1.29 is 18.4 Å². The molecule has 2 N–H and O–H groups in total. The molecule has 2 rings (SSSR count). The lowest BCUT2D eigenvalue weighted by atomic mass is 9.83. The maximum atomic E-state index is 13.3. The number of halogens is 2. The molecule has 0 saturated heterocycles. The maximum Gasteiger partial charge on any atom is 0.319 e. The van der Waals surface area contributed by atoms with Crippen LogP contribution in [0.3, 0.4) is 0 Å². The lowest BCUT2D eigenvalue weighted by Crippen LogP contribution is -2.43. The number of hydrogen-bond donors (Lipinski definition) is 2. The summed E-state index contributed by atoms with van der Waals surface area (Å²) in [6, 6.07) is 6.78. The Morgan fingerprint density at radius 2 is 1.89 bits per heavy atom. The van der Waals surface area contributed by atoms with Gasteiger partial charge in [-0.2, -0.15) is 0 Å². The van der Waals surface area contributed by atoms with Crippen LogP contribution in [0.2, 0.25) is 0 Å². The number of anilines is 1. The monoisotopic (exact) mass is 381 g/mol. The van der Waals surface area contributed by atoms with Gasteiger partial charge in [0.2, 0.25) is 11.8 Å². The molecule has 1 aromatic carbocycles. The summed E-state index contributed by atoms with van der Waals surface area (Å²) in [6.07, 6.45) is 0.586. The van der Waals surface area contributed by atoms with E-state index >= 15 is 0 Å². The minimum atomic E-state index is -2.57. The molecule has 0 bridgehead atoms. The lowest BCUT2D eigenvalue weighted by molar-refractivity contribution is -0.129. The Balaban J connectivity index is 1.95. The van der Waals surface area contributed by atoms with Crippen LogP contribution in [0.1, 0.15) is 52.0 Å². The van der Waals surface area contributed by atoms with E-state index in [4.69, 9.17) is 0 Å². The first-order chi connectivity index (χ1) is 12.7. The SMILES string of the molecule is CCN(Cc1ccccc1NC(=O)NC(C)C1CCC(F)(F)CC1)C(C)=O. The van der Waals surface area contributed by atoms with Crippen molar-refractivity contribution in [2.75, 3.05) is 11.9 Å². The minimum absolute atomic E-state index is 0.0283. The third kappa shape index (κ3) is 6.19. The zero-order valence-corrected chi connectivity index (χ0v) is 16.2. The van der Waals surface area contributed by atoms with Crippen molar-refractivity contribution in [3.63, 3.8) is 0 Å². The molecule has 0 heterocycles. The molecule has 27 heavy (non-hydrogen) atoms. The number of hydrogen-bond acceptors (Lipinski definition) is 2. The quantitative estimate of drug-likeness (QED) is 0.768. The number of amides is 3. The summed E-state index contributed by atoms with van der Waals surface area (Å²) in [7, 11) is 0. The van der Waals surface area contributed by atoms with E-state index in [9.17, 15) is 18.4 Å². The van der Waals surface area contributed by atoms with Crippen molar-refractivity contribution >= 4 is 17.6 Å². The molecule has 150 valence electrons. The molecule has 1 aliphatic carbocycles. The van der Waals surface area contributed by atoms with Crippen LogP contribution in [0.25, 0.3) is 0 Å². The van der Waals surface area contributed by atoms with Crippen LogP contribution in [-0.2, 0) is 11.3 Å². The molecule has 1 aliphatic rings. The van der Waals surface area contributed by atoms with E-state index in [1.807, 2.05) is 32.0 Å². The van der Waals surface area contributed by atoms with E-state index < -0.39 is 5.92 Å². The number of alkyl halides is 2. The molecule has 5 nitrogen and oxygen atoms in total. The van der Waals surface area contributed by atoms with Gasteiger partial charge in [-0.15, -0.1) is 0 Å². The number of urea groups is 1. The van der Waals surface area contributed by atoms with E-state index in [2.05, 4.69) is 10.6 Å². The normalized spacial score (nSPS) is 17.8. The highest BCUT2D eigenvalue weighted by molar-refractivity contribution is 5.90. The summed E-state index contributed by atoms with van der Waals surface area (Å²) >= 11 is 0. The second-order valence-corrected chi connectivity index (χ2v) is 7.27. The molecule has 0 aromatic heterocycles. The molecule has 0 spiro atoms. The molecule has 0 aliphatic heterocycles. The maximum absolute atomic E-state index is 13.3. The standard InChI is InChI=1S/C20H29F2N3O2/c1-4-25(15(3)26)13-17-7-5-6-8-18(17)24-19(27)23-14(2)16-9-11-20(21,22)12-10-16/h5-8,14,16H,4,9-13H2,1-3H3,(H2,23,24,27). The molecule has 3 amide bonds. The number of carbonyl (C=O) groups is 2. The Hall–Kier alpha value is -2.18. The topological polar surface area (TPSA) is 61.4 Å². The number of para-hydroxylation sites is 1. The molecule has 1 saturated carbocycles. The van der Waals surface area contributed by atoms with Crippen LogP contribution < -0.4 is 10.6 Å². The Kier molecular flexibility index (Phi) is 7.16. The molecular formula is C20H29F2N3O2. The van der Waals surface area contributed by atoms with Crippen LogP contribution in [0.4, 0.5) is 19.3 Å². The third-order valence-corrected chi connectivity index (χ3v) is 5.28. The fourth-order valence-corrected chi connectivity index (χ4v) is 3.48. The summed E-state index contributed by atoms with van der Waals surface area (Å²) < 4.78 is 26.6. The second kappa shape index (κ2) is 9.15. The molecule has 7 heteroatoms. The average molecular weight is 381 g/mol. The molecule has 1 unspecified atom stereocenters. The van der Waals surface area contributed by atoms with E-state index in [1.165, 1.54) is 6.92 Å². The summed E-state index contributed by atoms with van der Waals surface area (Å²) in [4.78, 5) is 25.7. The summed E-state index contributed by atoms with van der Waals surface area (Å²) in [5.41, 5.74) is 1.48. The highest BCUT2D eigenvalue weighted by Gasteiger charge is 2.36. The van der Waals surface area contributed by atoms with E-state index in [0.29, 0.717) is 31.6 Å². The fourth-order valence-electron chi connectivity index (χ4n) is 3.48. The Bertz CT molecular complexity index is 656. The highest BCUT2D eigenvalue weighted by atomic mass is 19.3. The van der Waals surface area contributed by atoms with Crippen LogP contribution in [0.15, 0.2) is 24.3 Å². The van der Waals surface area contributed by atoms with Gasteiger partial charge >= 0.3 is 6.03 Å². The number of carbonyl (C=O) groups excluding carboxylic acids is 2. The summed E-state index contributed by atoms with van der Waals surface area (Å²) in [6.45, 7) is 6.27. The molecule has 0 radical (unpaired) electrons. The smallest absolute Gasteiger partial charge is 0.319 e. The predicted molar refractivity (Wildman–Crippen MR) is 102 cm³/mol. The van der Waals surface area contributed by atoms with Gasteiger partial charge < -0.3 is 15.5 Å². The van der Waals surface area contributed by atoms with Crippen LogP contribution in [-0.4, -0.2) is 35.3 Å². The van der Waals surface area contributed by atoms with Gasteiger partial charge in [-0.3, -0.25) is 4.79 Å². The van der Waals surface area contributed by atoms with Gasteiger partial charge in [-0.1, -0.05) is 18.2 Å². The van der Waals surface area contributed by atoms with Crippen molar-refractivity contribution in [2.24, 2.45) is 5.92 Å². The van der Waals surface area contributed by atoms with Crippen LogP contribution >= 0.6 is 0 Å². The first kappa shape index (κ1) is 21.1. The predicted octanol–water partition coefficient (Wildman–Crippen LogP) is 4.39. The third-order valence-electron chi connectivity index (χ3n) is 5.28. The highest BCUT2D eigenvalue weighted by Crippen LogP contribution is 2.37. The van der Waals surface area contributed by atoms with Crippen molar-refractivity contribution in [1.29, 1.82) is 0 Å². The molecule has 1 aromatic rings. The number of benzene rings is 1. The van der Waals surface area contributed by atoms with Gasteiger partial charge in [0, 0.05) is 44.6 Å². The first-order valence-corrected chi connectivity index (χ1v) is 9.50. The number of nitrogens with zero attached hydrogens (tertiary/aromatic N) is 1. The van der Waals surface area contributed by atoms with Crippen molar-refractivity contribution in [3.8, 4) is 0 Å². The largest absolute Gasteiger partial charge is 0.339 e.